The van der Waals surface area contributed by atoms with Crippen LogP contribution in [-0.2, 0) is 4.79 Å². The molecular formula is C16H21NO5. The molecule has 0 radical (unpaired) electrons. The van der Waals surface area contributed by atoms with E-state index in [-0.39, 0.29) is 6.10 Å². The molecule has 1 fully saturated rings. The number of amides is 1. The number of hydrogen-bond acceptors (Lipinski definition) is 4. The molecule has 1 amide bonds. The Labute approximate surface area is 129 Å². The monoisotopic (exact) mass is 307 g/mol. The van der Waals surface area contributed by atoms with E-state index >= 15 is 0 Å². The standard InChI is InChI=1S/C16H21NO5/c1-10(16(19)20)17-15(18)11-7-8-13(14(9-11)21-2)22-12-5-3-4-6-12/h7-10,12H,3-6H2,1-2H3,(H,17,18)(H,19,20)/t10-/m0/s1. The van der Waals surface area contributed by atoms with Crippen molar-refractivity contribution in [1.29, 1.82) is 0 Å². The van der Waals surface area contributed by atoms with Gasteiger partial charge < -0.3 is 19.9 Å². The molecular weight excluding hydrogens is 286 g/mol. The van der Waals surface area contributed by atoms with Crippen LogP contribution < -0.4 is 14.8 Å². The van der Waals surface area contributed by atoms with Gasteiger partial charge in [-0.2, -0.15) is 0 Å². The summed E-state index contributed by atoms with van der Waals surface area (Å²) >= 11 is 0. The highest BCUT2D eigenvalue weighted by Crippen LogP contribution is 2.32. The molecule has 1 aromatic carbocycles. The fraction of sp³-hybridized carbons (Fsp3) is 0.500. The first-order valence-electron chi connectivity index (χ1n) is 7.39. The lowest BCUT2D eigenvalue weighted by Crippen LogP contribution is -2.38. The highest BCUT2D eigenvalue weighted by Gasteiger charge is 2.20. The number of carbonyl (C=O) groups excluding carboxylic acids is 1. The van der Waals surface area contributed by atoms with Gasteiger partial charge in [-0.05, 0) is 50.8 Å². The van der Waals surface area contributed by atoms with Gasteiger partial charge in [-0.1, -0.05) is 0 Å². The average Bonchev–Trinajstić information content (AvgIpc) is 3.00. The molecule has 1 saturated carbocycles. The Morgan fingerprint density at radius 2 is 1.95 bits per heavy atom. The summed E-state index contributed by atoms with van der Waals surface area (Å²) in [5.41, 5.74) is 0.337. The van der Waals surface area contributed by atoms with Crippen molar-refractivity contribution < 1.29 is 24.2 Å². The van der Waals surface area contributed by atoms with E-state index in [1.807, 2.05) is 0 Å². The van der Waals surface area contributed by atoms with Crippen LogP contribution >= 0.6 is 0 Å². The molecule has 0 spiro atoms. The fourth-order valence-corrected chi connectivity index (χ4v) is 2.43. The first kappa shape index (κ1) is 16.1. The van der Waals surface area contributed by atoms with Gasteiger partial charge in [0, 0.05) is 5.56 Å². The fourth-order valence-electron chi connectivity index (χ4n) is 2.43. The van der Waals surface area contributed by atoms with Crippen molar-refractivity contribution in [3.05, 3.63) is 23.8 Å². The minimum absolute atomic E-state index is 0.195. The number of ether oxygens (including phenoxy) is 2. The van der Waals surface area contributed by atoms with E-state index in [1.165, 1.54) is 26.9 Å². The zero-order valence-electron chi connectivity index (χ0n) is 12.8. The van der Waals surface area contributed by atoms with E-state index in [1.54, 1.807) is 18.2 Å². The molecule has 1 aromatic rings. The molecule has 0 aliphatic heterocycles. The van der Waals surface area contributed by atoms with Crippen LogP contribution in [0, 0.1) is 0 Å². The number of rotatable bonds is 6. The van der Waals surface area contributed by atoms with Crippen molar-refractivity contribution in [2.75, 3.05) is 7.11 Å². The number of carboxylic acids is 1. The van der Waals surface area contributed by atoms with Gasteiger partial charge in [0.2, 0.25) is 0 Å². The highest BCUT2D eigenvalue weighted by molar-refractivity contribution is 5.97. The molecule has 1 atom stereocenters. The second-order valence-electron chi connectivity index (χ2n) is 5.42. The molecule has 6 heteroatoms. The third-order valence-electron chi connectivity index (χ3n) is 3.74. The van der Waals surface area contributed by atoms with Crippen molar-refractivity contribution in [3.8, 4) is 11.5 Å². The number of hydrogen-bond donors (Lipinski definition) is 2. The van der Waals surface area contributed by atoms with Gasteiger partial charge in [-0.25, -0.2) is 0 Å². The van der Waals surface area contributed by atoms with Crippen molar-refractivity contribution in [2.45, 2.75) is 44.8 Å². The van der Waals surface area contributed by atoms with Crippen LogP contribution in [0.1, 0.15) is 43.0 Å². The minimum atomic E-state index is -1.08. The van der Waals surface area contributed by atoms with E-state index < -0.39 is 17.9 Å². The first-order chi connectivity index (χ1) is 10.5. The molecule has 2 rings (SSSR count). The van der Waals surface area contributed by atoms with Gasteiger partial charge in [0.1, 0.15) is 6.04 Å². The molecule has 0 saturated heterocycles. The predicted octanol–water partition coefficient (Wildman–Crippen LogP) is 2.22. The topological polar surface area (TPSA) is 84.9 Å². The van der Waals surface area contributed by atoms with Crippen LogP contribution in [0.15, 0.2) is 18.2 Å². The molecule has 0 unspecified atom stereocenters. The molecule has 22 heavy (non-hydrogen) atoms. The summed E-state index contributed by atoms with van der Waals surface area (Å²) < 4.78 is 11.2. The summed E-state index contributed by atoms with van der Waals surface area (Å²) in [6.07, 6.45) is 4.59. The van der Waals surface area contributed by atoms with Crippen LogP contribution in [-0.4, -0.2) is 36.2 Å². The van der Waals surface area contributed by atoms with E-state index in [4.69, 9.17) is 14.6 Å². The number of nitrogens with one attached hydrogen (secondary N) is 1. The smallest absolute Gasteiger partial charge is 0.325 e. The average molecular weight is 307 g/mol. The highest BCUT2D eigenvalue weighted by atomic mass is 16.5. The molecule has 2 N–H and O–H groups in total. The van der Waals surface area contributed by atoms with E-state index in [2.05, 4.69) is 5.32 Å². The lowest BCUT2D eigenvalue weighted by atomic mass is 10.1. The Hall–Kier alpha value is -2.24. The third-order valence-corrected chi connectivity index (χ3v) is 3.74. The molecule has 6 nitrogen and oxygen atoms in total. The SMILES string of the molecule is COc1cc(C(=O)N[C@@H](C)C(=O)O)ccc1OC1CCCC1. The maximum absolute atomic E-state index is 12.0. The van der Waals surface area contributed by atoms with Gasteiger partial charge >= 0.3 is 5.97 Å². The molecule has 120 valence electrons. The summed E-state index contributed by atoms with van der Waals surface area (Å²) in [6, 6.07) is 3.91. The largest absolute Gasteiger partial charge is 0.493 e. The van der Waals surface area contributed by atoms with Gasteiger partial charge in [0.15, 0.2) is 11.5 Å². The number of carboxylic acid groups (broad SMARTS) is 1. The zero-order chi connectivity index (χ0) is 16.1. The maximum atomic E-state index is 12.0. The van der Waals surface area contributed by atoms with Crippen LogP contribution in [0.5, 0.6) is 11.5 Å². The normalized spacial score (nSPS) is 16.1. The Kier molecular flexibility index (Phi) is 5.25. The summed E-state index contributed by atoms with van der Waals surface area (Å²) in [5, 5.41) is 11.2. The van der Waals surface area contributed by atoms with Gasteiger partial charge in [-0.15, -0.1) is 0 Å². The minimum Gasteiger partial charge on any atom is -0.493 e. The maximum Gasteiger partial charge on any atom is 0.325 e. The third kappa shape index (κ3) is 3.90. The summed E-state index contributed by atoms with van der Waals surface area (Å²) in [7, 11) is 1.51. The van der Waals surface area contributed by atoms with Gasteiger partial charge in [-0.3, -0.25) is 9.59 Å². The number of carbonyl (C=O) groups is 2. The Bertz CT molecular complexity index is 551. The second kappa shape index (κ2) is 7.15. The quantitative estimate of drug-likeness (QED) is 0.841. The van der Waals surface area contributed by atoms with Gasteiger partial charge in [0.25, 0.3) is 5.91 Å². The van der Waals surface area contributed by atoms with Crippen molar-refractivity contribution in [3.63, 3.8) is 0 Å². The first-order valence-corrected chi connectivity index (χ1v) is 7.39. The second-order valence-corrected chi connectivity index (χ2v) is 5.42. The Balaban J connectivity index is 2.10. The van der Waals surface area contributed by atoms with Crippen LogP contribution in [0.25, 0.3) is 0 Å². The van der Waals surface area contributed by atoms with Crippen molar-refractivity contribution >= 4 is 11.9 Å². The van der Waals surface area contributed by atoms with E-state index in [0.717, 1.165) is 12.8 Å². The number of aliphatic carboxylic acids is 1. The predicted molar refractivity (Wildman–Crippen MR) is 80.4 cm³/mol. The van der Waals surface area contributed by atoms with E-state index in [0.29, 0.717) is 17.1 Å². The van der Waals surface area contributed by atoms with Crippen LogP contribution in [0.4, 0.5) is 0 Å². The van der Waals surface area contributed by atoms with Crippen molar-refractivity contribution in [1.82, 2.24) is 5.32 Å². The van der Waals surface area contributed by atoms with Crippen LogP contribution in [0.2, 0.25) is 0 Å². The molecule has 1 aliphatic rings. The molecule has 0 heterocycles. The van der Waals surface area contributed by atoms with Gasteiger partial charge in [0.05, 0.1) is 13.2 Å². The summed E-state index contributed by atoms with van der Waals surface area (Å²) in [6.45, 7) is 1.41. The van der Waals surface area contributed by atoms with E-state index in [9.17, 15) is 9.59 Å². The van der Waals surface area contributed by atoms with Crippen LogP contribution in [0.3, 0.4) is 0 Å². The summed E-state index contributed by atoms with van der Waals surface area (Å²) in [4.78, 5) is 22.8. The molecule has 0 aromatic heterocycles. The number of methoxy groups -OCH3 is 1. The zero-order valence-corrected chi connectivity index (χ0v) is 12.8. The molecule has 0 bridgehead atoms. The Morgan fingerprint density at radius 1 is 1.27 bits per heavy atom. The molecule has 1 aliphatic carbocycles. The van der Waals surface area contributed by atoms with Crippen molar-refractivity contribution in [2.24, 2.45) is 0 Å². The Morgan fingerprint density at radius 3 is 2.55 bits per heavy atom. The number of benzene rings is 1. The lowest BCUT2D eigenvalue weighted by molar-refractivity contribution is -0.138. The summed E-state index contributed by atoms with van der Waals surface area (Å²) in [5.74, 6) is -0.457. The lowest BCUT2D eigenvalue weighted by Gasteiger charge is -2.17.